The van der Waals surface area contributed by atoms with Crippen molar-refractivity contribution in [2.24, 2.45) is 5.92 Å². The fraction of sp³-hybridized carbons (Fsp3) is 0.429. The average Bonchev–Trinajstić information content (AvgIpc) is 3.29. The first-order valence-corrected chi connectivity index (χ1v) is 11.2. The molecule has 1 fully saturated rings. The van der Waals surface area contributed by atoms with Crippen molar-refractivity contribution in [2.75, 3.05) is 31.6 Å². The topological polar surface area (TPSA) is 127 Å². The van der Waals surface area contributed by atoms with Gasteiger partial charge in [0.25, 0.3) is 0 Å². The van der Waals surface area contributed by atoms with Crippen molar-refractivity contribution in [1.29, 1.82) is 0 Å². The van der Waals surface area contributed by atoms with Gasteiger partial charge in [0.2, 0.25) is 0 Å². The van der Waals surface area contributed by atoms with Crippen molar-refractivity contribution < 1.29 is 42.1 Å². The zero-order valence-electron chi connectivity index (χ0n) is 18.2. The molecule has 1 aromatic carbocycles. The van der Waals surface area contributed by atoms with E-state index in [1.807, 2.05) is 6.07 Å². The molecule has 186 valence electrons. The number of piperidine rings is 1. The Morgan fingerprint density at radius 1 is 1.21 bits per heavy atom. The summed E-state index contributed by atoms with van der Waals surface area (Å²) in [5.74, 6) is -2.82. The fourth-order valence-electron chi connectivity index (χ4n) is 2.88. The number of hydrogen-bond acceptors (Lipinski definition) is 8. The quantitative estimate of drug-likeness (QED) is 0.502. The molecule has 0 saturated carbocycles. The molecule has 2 heterocycles. The van der Waals surface area contributed by atoms with Crippen LogP contribution in [0, 0.1) is 5.92 Å². The van der Waals surface area contributed by atoms with E-state index < -0.39 is 24.2 Å². The minimum Gasteiger partial charge on any atom is -0.476 e. The SMILES string of the molecule is CCOC(=O)C(F)(F)F.O=C(Nc1ccccc1-c1nc(C(=O)O)cs1)OCC1CCNCC1. The lowest BCUT2D eigenvalue weighted by Crippen LogP contribution is -2.31. The molecule has 3 N–H and O–H groups in total. The molecule has 1 saturated heterocycles. The Kier molecular flexibility index (Phi) is 10.3. The molecule has 0 spiro atoms. The van der Waals surface area contributed by atoms with Crippen LogP contribution in [0.5, 0.6) is 0 Å². The number of alkyl halides is 3. The number of carbonyl (C=O) groups is 3. The van der Waals surface area contributed by atoms with Gasteiger partial charge in [-0.3, -0.25) is 5.32 Å². The summed E-state index contributed by atoms with van der Waals surface area (Å²) in [4.78, 5) is 36.9. The normalized spacial score (nSPS) is 13.9. The summed E-state index contributed by atoms with van der Waals surface area (Å²) in [6.07, 6.45) is -3.36. The Balaban J connectivity index is 0.000000387. The summed E-state index contributed by atoms with van der Waals surface area (Å²) in [5, 5.41) is 17.0. The van der Waals surface area contributed by atoms with E-state index in [2.05, 4.69) is 20.4 Å². The Hall–Kier alpha value is -3.19. The van der Waals surface area contributed by atoms with E-state index in [-0.39, 0.29) is 12.3 Å². The van der Waals surface area contributed by atoms with Gasteiger partial charge in [-0.2, -0.15) is 13.2 Å². The van der Waals surface area contributed by atoms with Gasteiger partial charge in [0.05, 0.1) is 18.9 Å². The van der Waals surface area contributed by atoms with Crippen LogP contribution in [0.15, 0.2) is 29.6 Å². The second-order valence-electron chi connectivity index (χ2n) is 7.02. The number of ether oxygens (including phenoxy) is 2. The molecule has 1 amide bonds. The lowest BCUT2D eigenvalue weighted by molar-refractivity contribution is -0.199. The lowest BCUT2D eigenvalue weighted by atomic mass is 9.99. The highest BCUT2D eigenvalue weighted by Crippen LogP contribution is 2.30. The van der Waals surface area contributed by atoms with Gasteiger partial charge < -0.3 is 19.9 Å². The van der Waals surface area contributed by atoms with Gasteiger partial charge in [0.15, 0.2) is 5.69 Å². The number of carboxylic acids is 1. The highest BCUT2D eigenvalue weighted by molar-refractivity contribution is 7.13. The smallest absolute Gasteiger partial charge is 0.476 e. The molecule has 1 aromatic heterocycles. The van der Waals surface area contributed by atoms with E-state index in [1.54, 1.807) is 18.2 Å². The largest absolute Gasteiger partial charge is 0.490 e. The molecular formula is C21H24F3N3O6S. The number of rotatable bonds is 6. The van der Waals surface area contributed by atoms with Gasteiger partial charge in [0, 0.05) is 10.9 Å². The van der Waals surface area contributed by atoms with Gasteiger partial charge in [-0.05, 0) is 50.9 Å². The van der Waals surface area contributed by atoms with Gasteiger partial charge in [-0.25, -0.2) is 19.4 Å². The molecule has 0 unspecified atom stereocenters. The fourth-order valence-corrected chi connectivity index (χ4v) is 3.71. The average molecular weight is 503 g/mol. The Morgan fingerprint density at radius 2 is 1.88 bits per heavy atom. The van der Waals surface area contributed by atoms with E-state index >= 15 is 0 Å². The molecule has 3 rings (SSSR count). The standard InChI is InChI=1S/C17H19N3O4S.C4H5F3O2/c21-16(22)14-10-25-15(19-14)12-3-1-2-4-13(12)20-17(23)24-9-11-5-7-18-8-6-11;1-2-9-3(8)4(5,6)7/h1-4,10-11,18H,5-9H2,(H,20,23)(H,21,22);2H2,1H3. The van der Waals surface area contributed by atoms with Gasteiger partial charge in [0.1, 0.15) is 5.01 Å². The minimum absolute atomic E-state index is 0.0108. The Labute approximate surface area is 197 Å². The maximum absolute atomic E-state index is 12.1. The molecular weight excluding hydrogens is 479 g/mol. The third-order valence-electron chi connectivity index (χ3n) is 4.53. The molecule has 0 atom stereocenters. The monoisotopic (exact) mass is 503 g/mol. The van der Waals surface area contributed by atoms with Crippen molar-refractivity contribution in [3.05, 3.63) is 35.3 Å². The molecule has 0 aliphatic carbocycles. The van der Waals surface area contributed by atoms with E-state index in [0.717, 1.165) is 25.9 Å². The lowest BCUT2D eigenvalue weighted by Gasteiger charge is -2.22. The van der Waals surface area contributed by atoms with Crippen LogP contribution >= 0.6 is 11.3 Å². The van der Waals surface area contributed by atoms with Crippen LogP contribution in [0.2, 0.25) is 0 Å². The number of halogens is 3. The number of carboxylic acid groups (broad SMARTS) is 1. The number of hydrogen-bond donors (Lipinski definition) is 3. The maximum Gasteiger partial charge on any atom is 0.490 e. The Morgan fingerprint density at radius 3 is 2.44 bits per heavy atom. The maximum atomic E-state index is 12.1. The second kappa shape index (κ2) is 12.9. The van der Waals surface area contributed by atoms with Crippen molar-refractivity contribution in [2.45, 2.75) is 25.9 Å². The zero-order chi connectivity index (χ0) is 25.1. The molecule has 1 aliphatic heterocycles. The number of para-hydroxylation sites is 1. The van der Waals surface area contributed by atoms with Crippen LogP contribution in [0.1, 0.15) is 30.3 Å². The summed E-state index contributed by atoms with van der Waals surface area (Å²) in [6.45, 7) is 3.36. The minimum atomic E-state index is -4.85. The van der Waals surface area contributed by atoms with Gasteiger partial charge >= 0.3 is 24.2 Å². The molecule has 1 aliphatic rings. The summed E-state index contributed by atoms with van der Waals surface area (Å²) in [5.41, 5.74) is 1.20. The number of anilines is 1. The van der Waals surface area contributed by atoms with E-state index in [4.69, 9.17) is 9.84 Å². The van der Waals surface area contributed by atoms with Crippen LogP contribution in [-0.2, 0) is 14.3 Å². The van der Waals surface area contributed by atoms with Gasteiger partial charge in [-0.1, -0.05) is 12.1 Å². The first kappa shape index (κ1) is 27.1. The Bertz CT molecular complexity index is 977. The van der Waals surface area contributed by atoms with Crippen LogP contribution in [-0.4, -0.2) is 60.6 Å². The number of aromatic carboxylic acids is 1. The summed E-state index contributed by atoms with van der Waals surface area (Å²) in [7, 11) is 0. The summed E-state index contributed by atoms with van der Waals surface area (Å²) >= 11 is 1.22. The van der Waals surface area contributed by atoms with Crippen LogP contribution in [0.3, 0.4) is 0 Å². The number of thiazole rings is 1. The van der Waals surface area contributed by atoms with E-state index in [0.29, 0.717) is 28.8 Å². The molecule has 9 nitrogen and oxygen atoms in total. The van der Waals surface area contributed by atoms with Crippen molar-refractivity contribution in [3.8, 4) is 10.6 Å². The molecule has 2 aromatic rings. The third-order valence-corrected chi connectivity index (χ3v) is 5.41. The number of benzene rings is 1. The van der Waals surface area contributed by atoms with E-state index in [1.165, 1.54) is 23.6 Å². The van der Waals surface area contributed by atoms with Gasteiger partial charge in [-0.15, -0.1) is 11.3 Å². The van der Waals surface area contributed by atoms with E-state index in [9.17, 15) is 27.6 Å². The number of nitrogens with one attached hydrogen (secondary N) is 2. The van der Waals surface area contributed by atoms with Crippen molar-refractivity contribution in [3.63, 3.8) is 0 Å². The van der Waals surface area contributed by atoms with Crippen molar-refractivity contribution >= 4 is 35.1 Å². The summed E-state index contributed by atoms with van der Waals surface area (Å²) < 4.78 is 42.5. The van der Waals surface area contributed by atoms with Crippen LogP contribution in [0.4, 0.5) is 23.7 Å². The predicted octanol–water partition coefficient (Wildman–Crippen LogP) is 4.17. The number of amides is 1. The second-order valence-corrected chi connectivity index (χ2v) is 7.88. The number of carbonyl (C=O) groups excluding carboxylic acids is 2. The van der Waals surface area contributed by atoms with Crippen LogP contribution < -0.4 is 10.6 Å². The molecule has 34 heavy (non-hydrogen) atoms. The number of esters is 1. The highest BCUT2D eigenvalue weighted by Gasteiger charge is 2.40. The first-order valence-electron chi connectivity index (χ1n) is 10.3. The van der Waals surface area contributed by atoms with Crippen molar-refractivity contribution in [1.82, 2.24) is 10.3 Å². The molecule has 0 radical (unpaired) electrons. The third kappa shape index (κ3) is 8.63. The first-order chi connectivity index (χ1) is 16.1. The van der Waals surface area contributed by atoms with Crippen LogP contribution in [0.25, 0.3) is 10.6 Å². The number of aromatic nitrogens is 1. The predicted molar refractivity (Wildman–Crippen MR) is 118 cm³/mol. The zero-order valence-corrected chi connectivity index (χ0v) is 19.0. The highest BCUT2D eigenvalue weighted by atomic mass is 32.1. The molecule has 13 heteroatoms. The molecule has 0 bridgehead atoms. The number of nitrogens with zero attached hydrogens (tertiary/aromatic N) is 1. The summed E-state index contributed by atoms with van der Waals surface area (Å²) in [6, 6.07) is 7.12.